The SMILES string of the molecule is C[C@@H](NC(=O)NC1CCC(O)CC1)c1cc2cc(Cl)ccc2o1. The number of halogens is 1. The maximum atomic E-state index is 12.1. The molecule has 124 valence electrons. The summed E-state index contributed by atoms with van der Waals surface area (Å²) < 4.78 is 5.76. The van der Waals surface area contributed by atoms with E-state index in [0.29, 0.717) is 10.8 Å². The normalized spacial score (nSPS) is 22.7. The second-order valence-electron chi connectivity index (χ2n) is 6.18. The highest BCUT2D eigenvalue weighted by Gasteiger charge is 2.22. The van der Waals surface area contributed by atoms with Crippen LogP contribution < -0.4 is 10.6 Å². The molecule has 1 atom stereocenters. The maximum absolute atomic E-state index is 12.1. The first-order chi connectivity index (χ1) is 11.0. The Bertz CT molecular complexity index is 692. The van der Waals surface area contributed by atoms with Crippen LogP contribution in [0.3, 0.4) is 0 Å². The first kappa shape index (κ1) is 16.1. The van der Waals surface area contributed by atoms with E-state index < -0.39 is 0 Å². The molecule has 1 aliphatic rings. The van der Waals surface area contributed by atoms with E-state index in [0.717, 1.165) is 36.7 Å². The minimum absolute atomic E-state index is 0.125. The van der Waals surface area contributed by atoms with Crippen molar-refractivity contribution in [3.8, 4) is 0 Å². The Hall–Kier alpha value is -1.72. The fraction of sp³-hybridized carbons (Fsp3) is 0.471. The summed E-state index contributed by atoms with van der Waals surface area (Å²) in [6.45, 7) is 1.88. The van der Waals surface area contributed by atoms with Gasteiger partial charge in [-0.2, -0.15) is 0 Å². The summed E-state index contributed by atoms with van der Waals surface area (Å²) in [4.78, 5) is 12.1. The van der Waals surface area contributed by atoms with Crippen molar-refractivity contribution in [2.24, 2.45) is 0 Å². The Labute approximate surface area is 140 Å². The summed E-state index contributed by atoms with van der Waals surface area (Å²) in [5, 5.41) is 16.9. The van der Waals surface area contributed by atoms with Gasteiger partial charge in [0.2, 0.25) is 0 Å². The minimum atomic E-state index is -0.240. The fourth-order valence-corrected chi connectivity index (χ4v) is 3.14. The second-order valence-corrected chi connectivity index (χ2v) is 6.61. The third-order valence-electron chi connectivity index (χ3n) is 4.30. The zero-order valence-electron chi connectivity index (χ0n) is 13.0. The van der Waals surface area contributed by atoms with Gasteiger partial charge >= 0.3 is 6.03 Å². The highest BCUT2D eigenvalue weighted by molar-refractivity contribution is 6.31. The molecule has 3 N–H and O–H groups in total. The quantitative estimate of drug-likeness (QED) is 0.799. The fourth-order valence-electron chi connectivity index (χ4n) is 2.96. The second kappa shape index (κ2) is 6.81. The molecule has 1 heterocycles. The molecular formula is C17H21ClN2O3. The van der Waals surface area contributed by atoms with Crippen molar-refractivity contribution in [3.05, 3.63) is 35.0 Å². The van der Waals surface area contributed by atoms with Gasteiger partial charge in [0.25, 0.3) is 0 Å². The van der Waals surface area contributed by atoms with E-state index in [2.05, 4.69) is 10.6 Å². The summed E-state index contributed by atoms with van der Waals surface area (Å²) in [5.74, 6) is 0.691. The minimum Gasteiger partial charge on any atom is -0.459 e. The van der Waals surface area contributed by atoms with E-state index in [1.165, 1.54) is 0 Å². The number of aliphatic hydroxyl groups excluding tert-OH is 1. The number of hydrogen-bond donors (Lipinski definition) is 3. The van der Waals surface area contributed by atoms with Crippen molar-refractivity contribution in [1.29, 1.82) is 0 Å². The number of hydrogen-bond acceptors (Lipinski definition) is 3. The molecule has 0 radical (unpaired) electrons. The molecule has 0 unspecified atom stereocenters. The Kier molecular flexibility index (Phi) is 4.78. The van der Waals surface area contributed by atoms with Crippen LogP contribution >= 0.6 is 11.6 Å². The Morgan fingerprint density at radius 2 is 2.04 bits per heavy atom. The van der Waals surface area contributed by atoms with Crippen LogP contribution in [-0.4, -0.2) is 23.3 Å². The summed E-state index contributed by atoms with van der Waals surface area (Å²) in [6.07, 6.45) is 2.88. The van der Waals surface area contributed by atoms with Gasteiger partial charge in [-0.1, -0.05) is 11.6 Å². The Morgan fingerprint density at radius 3 is 2.78 bits per heavy atom. The van der Waals surface area contributed by atoms with Crippen LogP contribution in [0.4, 0.5) is 4.79 Å². The number of fused-ring (bicyclic) bond motifs is 1. The van der Waals surface area contributed by atoms with Gasteiger partial charge in [-0.05, 0) is 56.9 Å². The number of rotatable bonds is 3. The van der Waals surface area contributed by atoms with Crippen LogP contribution in [-0.2, 0) is 0 Å². The standard InChI is InChI=1S/C17H21ClN2O3/c1-10(16-9-11-8-12(18)2-7-15(11)23-16)19-17(22)20-13-3-5-14(21)6-4-13/h2,7-10,13-14,21H,3-6H2,1H3,(H2,19,20,22)/t10-,13?,14?/m1/s1. The van der Waals surface area contributed by atoms with Gasteiger partial charge in [-0.3, -0.25) is 0 Å². The monoisotopic (exact) mass is 336 g/mol. The molecule has 0 aliphatic heterocycles. The number of carbonyl (C=O) groups is 1. The van der Waals surface area contributed by atoms with Gasteiger partial charge in [-0.25, -0.2) is 4.79 Å². The molecule has 2 aromatic rings. The van der Waals surface area contributed by atoms with E-state index >= 15 is 0 Å². The number of nitrogens with one attached hydrogen (secondary N) is 2. The number of benzene rings is 1. The molecule has 1 fully saturated rings. The predicted molar refractivity (Wildman–Crippen MR) is 89.6 cm³/mol. The summed E-state index contributed by atoms with van der Waals surface area (Å²) >= 11 is 5.97. The third-order valence-corrected chi connectivity index (χ3v) is 4.54. The van der Waals surface area contributed by atoms with Crippen LogP contribution in [0.15, 0.2) is 28.7 Å². The zero-order valence-corrected chi connectivity index (χ0v) is 13.8. The molecule has 0 bridgehead atoms. The van der Waals surface area contributed by atoms with E-state index in [1.54, 1.807) is 6.07 Å². The topological polar surface area (TPSA) is 74.5 Å². The van der Waals surface area contributed by atoms with Gasteiger partial charge in [0.05, 0.1) is 12.1 Å². The molecule has 5 nitrogen and oxygen atoms in total. The molecule has 3 rings (SSSR count). The third kappa shape index (κ3) is 3.98. The lowest BCUT2D eigenvalue weighted by Crippen LogP contribution is -2.44. The van der Waals surface area contributed by atoms with Crippen molar-refractivity contribution in [2.45, 2.75) is 50.8 Å². The lowest BCUT2D eigenvalue weighted by Gasteiger charge is -2.26. The number of carbonyl (C=O) groups excluding carboxylic acids is 1. The van der Waals surface area contributed by atoms with Gasteiger partial charge in [-0.15, -0.1) is 0 Å². The van der Waals surface area contributed by atoms with Gasteiger partial charge < -0.3 is 20.2 Å². The highest BCUT2D eigenvalue weighted by atomic mass is 35.5. The van der Waals surface area contributed by atoms with E-state index in [4.69, 9.17) is 16.0 Å². The molecule has 1 aromatic carbocycles. The number of urea groups is 1. The molecule has 2 amide bonds. The Balaban J connectivity index is 1.58. The number of furan rings is 1. The summed E-state index contributed by atoms with van der Waals surface area (Å²) in [5.41, 5.74) is 0.750. The molecular weight excluding hydrogens is 316 g/mol. The van der Waals surface area contributed by atoms with Crippen molar-refractivity contribution in [3.63, 3.8) is 0 Å². The number of aliphatic hydroxyl groups is 1. The molecule has 6 heteroatoms. The average Bonchev–Trinajstić information content (AvgIpc) is 2.92. The Morgan fingerprint density at radius 1 is 1.30 bits per heavy atom. The van der Waals surface area contributed by atoms with Crippen molar-refractivity contribution in [2.75, 3.05) is 0 Å². The molecule has 1 saturated carbocycles. The van der Waals surface area contributed by atoms with E-state index in [-0.39, 0.29) is 24.2 Å². The van der Waals surface area contributed by atoms with Crippen LogP contribution in [0.1, 0.15) is 44.4 Å². The maximum Gasteiger partial charge on any atom is 0.315 e. The predicted octanol–water partition coefficient (Wildman–Crippen LogP) is 3.75. The van der Waals surface area contributed by atoms with Crippen molar-refractivity contribution >= 4 is 28.6 Å². The summed E-state index contributed by atoms with van der Waals surface area (Å²) in [6, 6.07) is 7.00. The van der Waals surface area contributed by atoms with Crippen LogP contribution in [0.2, 0.25) is 5.02 Å². The molecule has 23 heavy (non-hydrogen) atoms. The lowest BCUT2D eigenvalue weighted by atomic mass is 9.93. The number of amides is 2. The first-order valence-corrected chi connectivity index (χ1v) is 8.33. The highest BCUT2D eigenvalue weighted by Crippen LogP contribution is 2.26. The van der Waals surface area contributed by atoms with Crippen molar-refractivity contribution < 1.29 is 14.3 Å². The van der Waals surface area contributed by atoms with E-state index in [9.17, 15) is 9.90 Å². The lowest BCUT2D eigenvalue weighted by molar-refractivity contribution is 0.117. The van der Waals surface area contributed by atoms with Crippen LogP contribution in [0.5, 0.6) is 0 Å². The molecule has 0 spiro atoms. The molecule has 1 aliphatic carbocycles. The van der Waals surface area contributed by atoms with Gasteiger partial charge in [0, 0.05) is 16.5 Å². The molecule has 1 aromatic heterocycles. The van der Waals surface area contributed by atoms with Crippen molar-refractivity contribution in [1.82, 2.24) is 10.6 Å². The van der Waals surface area contributed by atoms with E-state index in [1.807, 2.05) is 25.1 Å². The van der Waals surface area contributed by atoms with Crippen LogP contribution in [0.25, 0.3) is 11.0 Å². The first-order valence-electron chi connectivity index (χ1n) is 7.95. The zero-order chi connectivity index (χ0) is 16.4. The van der Waals surface area contributed by atoms with Crippen LogP contribution in [0, 0.1) is 0 Å². The largest absolute Gasteiger partial charge is 0.459 e. The van der Waals surface area contributed by atoms with Gasteiger partial charge in [0.15, 0.2) is 0 Å². The van der Waals surface area contributed by atoms with Gasteiger partial charge in [0.1, 0.15) is 11.3 Å². The summed E-state index contributed by atoms with van der Waals surface area (Å²) in [7, 11) is 0. The average molecular weight is 337 g/mol. The smallest absolute Gasteiger partial charge is 0.315 e. The molecule has 0 saturated heterocycles.